The van der Waals surface area contributed by atoms with Crippen molar-refractivity contribution in [2.45, 2.75) is 0 Å². The fourth-order valence-corrected chi connectivity index (χ4v) is 7.00. The van der Waals surface area contributed by atoms with E-state index in [9.17, 15) is 0 Å². The Kier molecular flexibility index (Phi) is 7.96. The third kappa shape index (κ3) is 6.20. The van der Waals surface area contributed by atoms with Crippen molar-refractivity contribution in [2.24, 2.45) is 0 Å². The van der Waals surface area contributed by atoms with Crippen molar-refractivity contribution in [3.63, 3.8) is 0 Å². The molecule has 0 radical (unpaired) electrons. The van der Waals surface area contributed by atoms with Crippen molar-refractivity contribution in [1.82, 2.24) is 0 Å². The van der Waals surface area contributed by atoms with Crippen molar-refractivity contribution in [3.8, 4) is 44.9 Å². The highest BCUT2D eigenvalue weighted by Gasteiger charge is 2.22. The SMILES string of the molecule is C(=C/c1ccc2c3c(ccc2c1)OCOc1ccc2cc(/C=C\c4ccc(-c5ccccc5)cc4)ccc2c1-3)/c1ccc(-c2ccccc2)cc1. The molecule has 0 amide bonds. The van der Waals surface area contributed by atoms with Gasteiger partial charge in [0.15, 0.2) is 0 Å². The summed E-state index contributed by atoms with van der Waals surface area (Å²) in [5.41, 5.74) is 11.6. The van der Waals surface area contributed by atoms with Crippen LogP contribution < -0.4 is 9.47 Å². The summed E-state index contributed by atoms with van der Waals surface area (Å²) in [6.45, 7) is 0.171. The van der Waals surface area contributed by atoms with Gasteiger partial charge in [0.2, 0.25) is 6.79 Å². The van der Waals surface area contributed by atoms with Crippen LogP contribution in [-0.2, 0) is 0 Å². The van der Waals surface area contributed by atoms with Crippen LogP contribution in [-0.4, -0.2) is 6.79 Å². The maximum absolute atomic E-state index is 6.17. The molecule has 0 unspecified atom stereocenters. The van der Waals surface area contributed by atoms with Gasteiger partial charge in [-0.25, -0.2) is 0 Å². The van der Waals surface area contributed by atoms with E-state index in [0.717, 1.165) is 66.4 Å². The minimum Gasteiger partial charge on any atom is -0.457 e. The molecule has 8 aromatic carbocycles. The van der Waals surface area contributed by atoms with E-state index in [1.54, 1.807) is 0 Å². The Hall–Kier alpha value is -6.64. The molecule has 0 spiro atoms. The molecule has 0 bridgehead atoms. The van der Waals surface area contributed by atoms with Gasteiger partial charge >= 0.3 is 0 Å². The van der Waals surface area contributed by atoms with E-state index in [2.05, 4.69) is 182 Å². The van der Waals surface area contributed by atoms with Crippen LogP contribution >= 0.6 is 0 Å². The molecule has 242 valence electrons. The molecule has 51 heavy (non-hydrogen) atoms. The molecular weight excluding hydrogens is 621 g/mol. The van der Waals surface area contributed by atoms with Crippen molar-refractivity contribution in [2.75, 3.05) is 6.79 Å². The van der Waals surface area contributed by atoms with Crippen LogP contribution in [0.1, 0.15) is 22.3 Å². The standard InChI is InChI=1S/C49H34O2/c1-3-7-38(8-4-1)40-21-15-34(16-22-40)11-13-36-19-27-44-42(31-36)25-29-46-48(44)49-45-28-20-37(32-43(45)26-30-47(49)51-33-50-46)14-12-35-17-23-41(24-18-35)39-9-5-2-6-10-39/h1-32H,33H2/b13-11-,14-12-. The van der Waals surface area contributed by atoms with Crippen LogP contribution in [0.3, 0.4) is 0 Å². The summed E-state index contributed by atoms with van der Waals surface area (Å²) in [5.74, 6) is 1.66. The molecule has 2 heteroatoms. The molecule has 1 heterocycles. The lowest BCUT2D eigenvalue weighted by Gasteiger charge is -2.14. The predicted octanol–water partition coefficient (Wildman–Crippen LogP) is 13.1. The largest absolute Gasteiger partial charge is 0.457 e. The van der Waals surface area contributed by atoms with Crippen LogP contribution in [0.4, 0.5) is 0 Å². The number of hydrogen-bond donors (Lipinski definition) is 0. The van der Waals surface area contributed by atoms with Gasteiger partial charge in [-0.2, -0.15) is 0 Å². The van der Waals surface area contributed by atoms with Gasteiger partial charge in [0, 0.05) is 11.1 Å². The Bertz CT molecular complexity index is 2380. The van der Waals surface area contributed by atoms with Gasteiger partial charge in [-0.1, -0.05) is 170 Å². The van der Waals surface area contributed by atoms with Crippen LogP contribution in [0, 0.1) is 0 Å². The van der Waals surface area contributed by atoms with E-state index in [4.69, 9.17) is 9.47 Å². The van der Waals surface area contributed by atoms with E-state index in [1.165, 1.54) is 22.3 Å². The molecule has 0 aliphatic carbocycles. The molecule has 1 aliphatic rings. The highest BCUT2D eigenvalue weighted by atomic mass is 16.7. The van der Waals surface area contributed by atoms with Gasteiger partial charge in [0.1, 0.15) is 11.5 Å². The second kappa shape index (κ2) is 13.3. The first-order valence-corrected chi connectivity index (χ1v) is 17.3. The van der Waals surface area contributed by atoms with Crippen molar-refractivity contribution >= 4 is 45.8 Å². The fourth-order valence-electron chi connectivity index (χ4n) is 7.00. The Morgan fingerprint density at radius 3 is 1.14 bits per heavy atom. The van der Waals surface area contributed by atoms with E-state index in [0.29, 0.717) is 0 Å². The predicted molar refractivity (Wildman–Crippen MR) is 215 cm³/mol. The Balaban J connectivity index is 1.02. The normalized spacial score (nSPS) is 12.4. The summed E-state index contributed by atoms with van der Waals surface area (Å²) in [7, 11) is 0. The summed E-state index contributed by atoms with van der Waals surface area (Å²) in [5, 5.41) is 4.58. The zero-order chi connectivity index (χ0) is 34.0. The molecule has 0 saturated carbocycles. The third-order valence-corrected chi connectivity index (χ3v) is 9.66. The van der Waals surface area contributed by atoms with Gasteiger partial charge < -0.3 is 9.47 Å². The third-order valence-electron chi connectivity index (χ3n) is 9.66. The second-order valence-corrected chi connectivity index (χ2v) is 12.9. The Morgan fingerprint density at radius 1 is 0.333 bits per heavy atom. The Labute approximate surface area is 298 Å². The van der Waals surface area contributed by atoms with Crippen LogP contribution in [0.25, 0.3) is 79.2 Å². The van der Waals surface area contributed by atoms with E-state index in [-0.39, 0.29) is 6.79 Å². The molecule has 0 atom stereocenters. The first kappa shape index (κ1) is 30.4. The topological polar surface area (TPSA) is 18.5 Å². The quantitative estimate of drug-likeness (QED) is 0.166. The summed E-state index contributed by atoms with van der Waals surface area (Å²) < 4.78 is 12.3. The summed E-state index contributed by atoms with van der Waals surface area (Å²) in [4.78, 5) is 0. The minimum absolute atomic E-state index is 0.171. The van der Waals surface area contributed by atoms with Crippen molar-refractivity contribution < 1.29 is 9.47 Å². The lowest BCUT2D eigenvalue weighted by molar-refractivity contribution is 0.125. The molecular formula is C49H34O2. The smallest absolute Gasteiger partial charge is 0.230 e. The van der Waals surface area contributed by atoms with E-state index < -0.39 is 0 Å². The highest BCUT2D eigenvalue weighted by molar-refractivity contribution is 6.10. The molecule has 8 aromatic rings. The molecule has 1 aliphatic heterocycles. The number of benzene rings is 8. The van der Waals surface area contributed by atoms with Gasteiger partial charge in [-0.15, -0.1) is 0 Å². The molecule has 0 saturated heterocycles. The molecule has 2 nitrogen and oxygen atoms in total. The zero-order valence-corrected chi connectivity index (χ0v) is 28.0. The number of ether oxygens (including phenoxy) is 2. The first-order chi connectivity index (χ1) is 25.2. The van der Waals surface area contributed by atoms with Gasteiger partial charge in [-0.05, 0) is 90.3 Å². The maximum atomic E-state index is 6.17. The number of rotatable bonds is 6. The number of fused-ring (bicyclic) bond motifs is 7. The van der Waals surface area contributed by atoms with Crippen LogP contribution in [0.15, 0.2) is 170 Å². The second-order valence-electron chi connectivity index (χ2n) is 12.9. The molecule has 0 fully saturated rings. The summed E-state index contributed by atoms with van der Waals surface area (Å²) in [6, 6.07) is 60.1. The monoisotopic (exact) mass is 654 g/mol. The van der Waals surface area contributed by atoms with Gasteiger partial charge in [0.05, 0.1) is 0 Å². The fraction of sp³-hybridized carbons (Fsp3) is 0.0204. The van der Waals surface area contributed by atoms with Crippen molar-refractivity contribution in [3.05, 3.63) is 192 Å². The summed E-state index contributed by atoms with van der Waals surface area (Å²) >= 11 is 0. The Morgan fingerprint density at radius 2 is 0.706 bits per heavy atom. The molecule has 0 aromatic heterocycles. The average Bonchev–Trinajstić information content (AvgIpc) is 3.40. The minimum atomic E-state index is 0.171. The average molecular weight is 655 g/mol. The van der Waals surface area contributed by atoms with E-state index in [1.807, 2.05) is 12.1 Å². The number of hydrogen-bond acceptors (Lipinski definition) is 2. The highest BCUT2D eigenvalue weighted by Crippen LogP contribution is 2.47. The maximum Gasteiger partial charge on any atom is 0.230 e. The lowest BCUT2D eigenvalue weighted by atomic mass is 9.91. The van der Waals surface area contributed by atoms with Crippen molar-refractivity contribution in [1.29, 1.82) is 0 Å². The van der Waals surface area contributed by atoms with Gasteiger partial charge in [-0.3, -0.25) is 0 Å². The lowest BCUT2D eigenvalue weighted by Crippen LogP contribution is -2.03. The first-order valence-electron chi connectivity index (χ1n) is 17.3. The molecule has 0 N–H and O–H groups in total. The van der Waals surface area contributed by atoms with Crippen LogP contribution in [0.2, 0.25) is 0 Å². The molecule has 9 rings (SSSR count). The van der Waals surface area contributed by atoms with Gasteiger partial charge in [0.25, 0.3) is 0 Å². The summed E-state index contributed by atoms with van der Waals surface area (Å²) in [6.07, 6.45) is 8.70. The zero-order valence-electron chi connectivity index (χ0n) is 28.0. The van der Waals surface area contributed by atoms with Crippen LogP contribution in [0.5, 0.6) is 11.5 Å². The van der Waals surface area contributed by atoms with E-state index >= 15 is 0 Å².